The zero-order chi connectivity index (χ0) is 11.1. The van der Waals surface area contributed by atoms with Crippen molar-refractivity contribution < 1.29 is 4.79 Å². The van der Waals surface area contributed by atoms with Crippen LogP contribution in [0.25, 0.3) is 0 Å². The lowest BCUT2D eigenvalue weighted by atomic mass is 10.1. The fourth-order valence-corrected chi connectivity index (χ4v) is 2.48. The van der Waals surface area contributed by atoms with E-state index >= 15 is 0 Å². The highest BCUT2D eigenvalue weighted by molar-refractivity contribution is 6.04. The van der Waals surface area contributed by atoms with E-state index in [9.17, 15) is 4.79 Å². The first-order valence-corrected chi connectivity index (χ1v) is 5.73. The summed E-state index contributed by atoms with van der Waals surface area (Å²) in [5, 5.41) is 3.13. The molecule has 0 spiro atoms. The first-order chi connectivity index (χ1) is 7.83. The van der Waals surface area contributed by atoms with Crippen LogP contribution in [0.3, 0.4) is 0 Å². The Balaban J connectivity index is 1.94. The van der Waals surface area contributed by atoms with Crippen molar-refractivity contribution >= 4 is 18.2 Å². The van der Waals surface area contributed by atoms with Crippen molar-refractivity contribution in [1.82, 2.24) is 15.1 Å². The summed E-state index contributed by atoms with van der Waals surface area (Å²) < 4.78 is 0. The maximum atomic E-state index is 12.2. The molecule has 3 heterocycles. The van der Waals surface area contributed by atoms with Crippen molar-refractivity contribution in [2.45, 2.75) is 25.6 Å². The first-order valence-electron chi connectivity index (χ1n) is 5.73. The molecule has 1 fully saturated rings. The molecule has 2 atom stereocenters. The molecule has 6 heteroatoms. The number of carbonyl (C=O) groups is 1. The second-order valence-electron chi connectivity index (χ2n) is 4.20. The Hall–Kier alpha value is -1.59. The Morgan fingerprint density at radius 2 is 2.50 bits per heavy atom. The molecule has 3 aliphatic heterocycles. The average Bonchev–Trinajstić information content (AvgIpc) is 2.90. The van der Waals surface area contributed by atoms with Gasteiger partial charge in [0.2, 0.25) is 5.96 Å². The number of hydrogen-bond donors (Lipinski definition) is 1. The molecule has 0 aromatic carbocycles. The van der Waals surface area contributed by atoms with E-state index < -0.39 is 0 Å². The number of nitrogens with zero attached hydrogens (tertiary/aromatic N) is 4. The van der Waals surface area contributed by atoms with Gasteiger partial charge in [-0.05, 0) is 6.42 Å². The summed E-state index contributed by atoms with van der Waals surface area (Å²) in [6.45, 7) is 4.44. The van der Waals surface area contributed by atoms with Crippen LogP contribution in [0, 0.1) is 0 Å². The van der Waals surface area contributed by atoms with E-state index in [1.165, 1.54) is 0 Å². The quantitative estimate of drug-likeness (QED) is 0.666. The van der Waals surface area contributed by atoms with Gasteiger partial charge in [-0.15, -0.1) is 0 Å². The van der Waals surface area contributed by atoms with Gasteiger partial charge in [0, 0.05) is 13.1 Å². The second kappa shape index (κ2) is 3.47. The first kappa shape index (κ1) is 9.62. The molecular formula is C10H15N5O. The molecule has 0 radical (unpaired) electrons. The van der Waals surface area contributed by atoms with Crippen molar-refractivity contribution in [1.29, 1.82) is 0 Å². The van der Waals surface area contributed by atoms with Gasteiger partial charge in [-0.2, -0.15) is 0 Å². The van der Waals surface area contributed by atoms with E-state index in [1.54, 1.807) is 11.2 Å². The Bertz CT molecular complexity index is 377. The number of amides is 1. The summed E-state index contributed by atoms with van der Waals surface area (Å²) >= 11 is 0. The van der Waals surface area contributed by atoms with Crippen molar-refractivity contribution in [3.63, 3.8) is 0 Å². The molecule has 6 nitrogen and oxygen atoms in total. The Labute approximate surface area is 94.0 Å². The minimum absolute atomic E-state index is 0.0122. The summed E-state index contributed by atoms with van der Waals surface area (Å²) in [7, 11) is 0. The van der Waals surface area contributed by atoms with Crippen molar-refractivity contribution in [3.05, 3.63) is 0 Å². The van der Waals surface area contributed by atoms with E-state index in [4.69, 9.17) is 0 Å². The highest BCUT2D eigenvalue weighted by atomic mass is 16.2. The number of rotatable bonds is 2. The van der Waals surface area contributed by atoms with Crippen LogP contribution in [0.5, 0.6) is 0 Å². The lowest BCUT2D eigenvalue weighted by molar-refractivity contribution is -0.132. The third kappa shape index (κ3) is 1.15. The van der Waals surface area contributed by atoms with E-state index in [2.05, 4.69) is 27.1 Å². The van der Waals surface area contributed by atoms with E-state index in [-0.39, 0.29) is 18.1 Å². The second-order valence-corrected chi connectivity index (χ2v) is 4.20. The number of nitrogens with one attached hydrogen (secondary N) is 1. The lowest BCUT2D eigenvalue weighted by Crippen LogP contribution is -2.64. The molecule has 0 bridgehead atoms. The molecule has 1 amide bonds. The molecule has 0 aromatic rings. The van der Waals surface area contributed by atoms with Gasteiger partial charge in [0.15, 0.2) is 6.04 Å². The molecule has 0 aliphatic carbocycles. The number of hydrogen-bond acceptors (Lipinski definition) is 5. The summed E-state index contributed by atoms with van der Waals surface area (Å²) in [4.78, 5) is 24.8. The minimum atomic E-state index is -0.288. The third-order valence-electron chi connectivity index (χ3n) is 3.17. The minimum Gasteiger partial charge on any atom is -0.354 e. The van der Waals surface area contributed by atoms with Crippen LogP contribution in [-0.4, -0.2) is 59.8 Å². The predicted octanol–water partition coefficient (Wildman–Crippen LogP) is -0.764. The van der Waals surface area contributed by atoms with Gasteiger partial charge < -0.3 is 10.2 Å². The van der Waals surface area contributed by atoms with Crippen LogP contribution in [0.4, 0.5) is 0 Å². The van der Waals surface area contributed by atoms with Crippen LogP contribution < -0.4 is 5.32 Å². The van der Waals surface area contributed by atoms with Gasteiger partial charge >= 0.3 is 0 Å². The molecule has 0 aromatic heterocycles. The van der Waals surface area contributed by atoms with Gasteiger partial charge in [0.25, 0.3) is 5.91 Å². The average molecular weight is 221 g/mol. The fraction of sp³-hybridized carbons (Fsp3) is 0.700. The maximum Gasteiger partial charge on any atom is 0.258 e. The number of carbonyl (C=O) groups excluding carboxylic acids is 1. The maximum absolute atomic E-state index is 12.2. The third-order valence-corrected chi connectivity index (χ3v) is 3.17. The van der Waals surface area contributed by atoms with Crippen LogP contribution >= 0.6 is 0 Å². The van der Waals surface area contributed by atoms with Gasteiger partial charge in [-0.1, -0.05) is 6.92 Å². The molecule has 16 heavy (non-hydrogen) atoms. The summed E-state index contributed by atoms with van der Waals surface area (Å²) in [6, 6.07) is -0.288. The monoisotopic (exact) mass is 221 g/mol. The van der Waals surface area contributed by atoms with Crippen molar-refractivity contribution in [2.75, 3.05) is 19.6 Å². The standard InChI is InChI=1S/C10H15N5O/c1-2-4-15-9(16)7-8(13-6-12-7)14-5-3-11-10(14)15/h6-8H,2-5H2,1H3,(H,12,13). The number of fused-ring (bicyclic) bond motifs is 3. The Kier molecular flexibility index (Phi) is 2.08. The molecule has 3 aliphatic rings. The smallest absolute Gasteiger partial charge is 0.258 e. The molecule has 1 N–H and O–H groups in total. The highest BCUT2D eigenvalue weighted by Gasteiger charge is 2.47. The van der Waals surface area contributed by atoms with E-state index in [1.807, 2.05) is 0 Å². The van der Waals surface area contributed by atoms with Crippen LogP contribution in [0.2, 0.25) is 0 Å². The summed E-state index contributed by atoms with van der Waals surface area (Å²) in [5.41, 5.74) is 0. The Morgan fingerprint density at radius 3 is 3.31 bits per heavy atom. The topological polar surface area (TPSA) is 60.3 Å². The van der Waals surface area contributed by atoms with E-state index in [0.29, 0.717) is 0 Å². The van der Waals surface area contributed by atoms with E-state index in [0.717, 1.165) is 32.0 Å². The van der Waals surface area contributed by atoms with Crippen molar-refractivity contribution in [2.24, 2.45) is 9.98 Å². The fourth-order valence-electron chi connectivity index (χ4n) is 2.48. The van der Waals surface area contributed by atoms with Crippen molar-refractivity contribution in [3.8, 4) is 0 Å². The summed E-state index contributed by atoms with van der Waals surface area (Å²) in [5.74, 6) is 0.899. The van der Waals surface area contributed by atoms with Gasteiger partial charge in [0.1, 0.15) is 6.17 Å². The number of guanidine groups is 1. The zero-order valence-electron chi connectivity index (χ0n) is 9.26. The predicted molar refractivity (Wildman–Crippen MR) is 60.2 cm³/mol. The van der Waals surface area contributed by atoms with Gasteiger partial charge in [0.05, 0.1) is 12.9 Å². The lowest BCUT2D eigenvalue weighted by Gasteiger charge is -2.40. The number of aliphatic imine (C=N–C) groups is 2. The van der Waals surface area contributed by atoms with Gasteiger partial charge in [-0.3, -0.25) is 19.7 Å². The highest BCUT2D eigenvalue weighted by Crippen LogP contribution is 2.23. The molecule has 3 rings (SSSR count). The van der Waals surface area contributed by atoms with Crippen LogP contribution in [0.15, 0.2) is 9.98 Å². The molecule has 86 valence electrons. The van der Waals surface area contributed by atoms with Crippen LogP contribution in [0.1, 0.15) is 13.3 Å². The Morgan fingerprint density at radius 1 is 1.62 bits per heavy atom. The van der Waals surface area contributed by atoms with Gasteiger partial charge in [-0.25, -0.2) is 0 Å². The molecule has 0 saturated carbocycles. The normalized spacial score (nSPS) is 31.3. The molecule has 1 saturated heterocycles. The van der Waals surface area contributed by atoms with Crippen LogP contribution in [-0.2, 0) is 4.79 Å². The molecular weight excluding hydrogens is 206 g/mol. The SMILES string of the molecule is CCCN1C(=O)C2N=CNC2N2CCN=C12. The zero-order valence-corrected chi connectivity index (χ0v) is 9.26. The summed E-state index contributed by atoms with van der Waals surface area (Å²) in [6.07, 6.45) is 2.56. The largest absolute Gasteiger partial charge is 0.354 e. The molecule has 2 unspecified atom stereocenters.